The lowest BCUT2D eigenvalue weighted by Crippen LogP contribution is -2.72. The second kappa shape index (κ2) is 6.62. The van der Waals surface area contributed by atoms with Crippen molar-refractivity contribution < 1.29 is 19.3 Å². The van der Waals surface area contributed by atoms with Crippen LogP contribution in [0.25, 0.3) is 5.57 Å². The number of aromatic nitrogens is 1. The number of hydrogen-bond acceptors (Lipinski definition) is 5. The topological polar surface area (TPSA) is 65.8 Å². The van der Waals surface area contributed by atoms with Gasteiger partial charge in [-0.25, -0.2) is 4.39 Å². The molecule has 5 nitrogen and oxygen atoms in total. The predicted molar refractivity (Wildman–Crippen MR) is 119 cm³/mol. The molecule has 2 bridgehead atoms. The lowest BCUT2D eigenvalue weighted by atomic mass is 9.51. The Balaban J connectivity index is 1.40. The van der Waals surface area contributed by atoms with Gasteiger partial charge in [0.25, 0.3) is 0 Å². The van der Waals surface area contributed by atoms with Crippen molar-refractivity contribution >= 4 is 5.57 Å². The number of rotatable bonds is 2. The minimum Gasteiger partial charge on any atom is -0.390 e. The maximum atomic E-state index is 17.0. The first-order chi connectivity index (χ1) is 15.2. The zero-order valence-corrected chi connectivity index (χ0v) is 19.3. The van der Waals surface area contributed by atoms with Crippen LogP contribution in [0.15, 0.2) is 30.6 Å². The van der Waals surface area contributed by atoms with E-state index in [1.54, 1.807) is 0 Å². The molecule has 5 aliphatic rings. The van der Waals surface area contributed by atoms with Gasteiger partial charge in [-0.1, -0.05) is 13.0 Å². The molecule has 0 amide bonds. The van der Waals surface area contributed by atoms with Crippen molar-refractivity contribution in [2.75, 3.05) is 14.1 Å². The van der Waals surface area contributed by atoms with Crippen LogP contribution >= 0.6 is 0 Å². The zero-order valence-electron chi connectivity index (χ0n) is 19.3. The first-order valence-corrected chi connectivity index (χ1v) is 12.2. The maximum Gasteiger partial charge on any atom is 0.140 e. The summed E-state index contributed by atoms with van der Waals surface area (Å²) >= 11 is 0. The molecule has 0 radical (unpaired) electrons. The van der Waals surface area contributed by atoms with Gasteiger partial charge in [-0.2, -0.15) is 0 Å². The number of halogens is 1. The van der Waals surface area contributed by atoms with Gasteiger partial charge in [0.2, 0.25) is 0 Å². The molecule has 1 aromatic rings. The highest BCUT2D eigenvalue weighted by atomic mass is 19.1. The molecule has 2 saturated heterocycles. The number of ether oxygens (including phenoxy) is 1. The van der Waals surface area contributed by atoms with E-state index in [2.05, 4.69) is 30.1 Å². The molecular formula is C26H35FN2O3. The average Bonchev–Trinajstić information content (AvgIpc) is 3.30. The molecule has 2 saturated carbocycles. The molecular weight excluding hydrogens is 407 g/mol. The van der Waals surface area contributed by atoms with E-state index in [9.17, 15) is 10.2 Å². The van der Waals surface area contributed by atoms with Crippen molar-refractivity contribution in [3.63, 3.8) is 0 Å². The predicted octanol–water partition coefficient (Wildman–Crippen LogP) is 3.36. The molecule has 2 spiro atoms. The van der Waals surface area contributed by atoms with Crippen LogP contribution in [0, 0.1) is 17.3 Å². The summed E-state index contributed by atoms with van der Waals surface area (Å²) in [5.41, 5.74) is -0.490. The third kappa shape index (κ3) is 2.45. The molecule has 4 fully saturated rings. The van der Waals surface area contributed by atoms with Crippen molar-refractivity contribution in [3.8, 4) is 0 Å². The van der Waals surface area contributed by atoms with E-state index < -0.39 is 29.1 Å². The van der Waals surface area contributed by atoms with Gasteiger partial charge < -0.3 is 19.8 Å². The Morgan fingerprint density at radius 3 is 2.53 bits per heavy atom. The SMILES string of the molecule is CN(C)[C@H]1C[C@@]23CC[C@]4(O2)C2CC=C(c5ccncc5)[C@@]2(C)CCC4(F)CC3[C@@H](O)[C@@H]1O. The summed E-state index contributed by atoms with van der Waals surface area (Å²) in [6.45, 7) is 2.30. The molecule has 3 heterocycles. The Kier molecular flexibility index (Phi) is 4.39. The van der Waals surface area contributed by atoms with E-state index >= 15 is 4.39 Å². The highest BCUT2D eigenvalue weighted by Crippen LogP contribution is 2.72. The van der Waals surface area contributed by atoms with E-state index in [0.29, 0.717) is 25.7 Å². The van der Waals surface area contributed by atoms with E-state index in [1.165, 1.54) is 11.1 Å². The number of nitrogens with zero attached hydrogens (tertiary/aromatic N) is 2. The van der Waals surface area contributed by atoms with Crippen LogP contribution in [0.2, 0.25) is 0 Å². The lowest BCUT2D eigenvalue weighted by Gasteiger charge is -2.64. The molecule has 6 rings (SSSR count). The second-order valence-electron chi connectivity index (χ2n) is 11.6. The van der Waals surface area contributed by atoms with Gasteiger partial charge in [0.05, 0.1) is 17.8 Å². The van der Waals surface area contributed by atoms with Crippen molar-refractivity contribution in [3.05, 3.63) is 36.2 Å². The number of fused-ring (bicyclic) bond motifs is 1. The quantitative estimate of drug-likeness (QED) is 0.735. The molecule has 0 aromatic carbocycles. The fourth-order valence-electron chi connectivity index (χ4n) is 8.54. The summed E-state index contributed by atoms with van der Waals surface area (Å²) in [5, 5.41) is 21.9. The van der Waals surface area contributed by atoms with Gasteiger partial charge in [0, 0.05) is 30.3 Å². The summed E-state index contributed by atoms with van der Waals surface area (Å²) in [5.74, 6) is -0.272. The fourth-order valence-corrected chi connectivity index (χ4v) is 8.54. The first kappa shape index (κ1) is 21.2. The largest absolute Gasteiger partial charge is 0.390 e. The number of hydrogen-bond donors (Lipinski definition) is 2. The van der Waals surface area contributed by atoms with Crippen molar-refractivity contribution in [1.82, 2.24) is 9.88 Å². The monoisotopic (exact) mass is 442 g/mol. The molecule has 2 N–H and O–H groups in total. The van der Waals surface area contributed by atoms with Gasteiger partial charge in [-0.3, -0.25) is 4.98 Å². The molecule has 32 heavy (non-hydrogen) atoms. The minimum absolute atomic E-state index is 0.0824. The number of likely N-dealkylation sites (N-methyl/N-ethyl adjacent to an activating group) is 1. The van der Waals surface area contributed by atoms with Crippen molar-refractivity contribution in [2.24, 2.45) is 17.3 Å². The first-order valence-electron chi connectivity index (χ1n) is 12.2. The van der Waals surface area contributed by atoms with Crippen LogP contribution < -0.4 is 0 Å². The van der Waals surface area contributed by atoms with Crippen LogP contribution in [0.3, 0.4) is 0 Å². The number of allylic oxidation sites excluding steroid dienone is 2. The molecule has 1 aromatic heterocycles. The zero-order chi connectivity index (χ0) is 22.5. The summed E-state index contributed by atoms with van der Waals surface area (Å²) in [6, 6.07) is 3.93. The smallest absolute Gasteiger partial charge is 0.140 e. The van der Waals surface area contributed by atoms with Gasteiger partial charge >= 0.3 is 0 Å². The van der Waals surface area contributed by atoms with Gasteiger partial charge in [0.1, 0.15) is 11.3 Å². The minimum atomic E-state index is -1.46. The Morgan fingerprint density at radius 1 is 1.06 bits per heavy atom. The lowest BCUT2D eigenvalue weighted by molar-refractivity contribution is -0.314. The standard InChI is InChI=1S/C26H35FN2O3/c1-23-8-10-25(27)14-18-21(30)22(31)19(29(2)3)15-24(18)9-11-26(25,32-24)20(23)5-4-17(23)16-6-12-28-13-7-16/h4,6-7,12-13,18-22,30-31H,5,8-11,14-15H2,1-3H3/t18?,19-,20?,21+,22+,23+,24+,25?,26-/m0/s1. The average molecular weight is 443 g/mol. The van der Waals surface area contributed by atoms with E-state index in [1.807, 2.05) is 31.4 Å². The third-order valence-corrected chi connectivity index (χ3v) is 10.2. The van der Waals surface area contributed by atoms with Gasteiger partial charge in [-0.05, 0) is 87.7 Å². The van der Waals surface area contributed by atoms with Crippen molar-refractivity contribution in [2.45, 2.75) is 87.0 Å². The van der Waals surface area contributed by atoms with Crippen LogP contribution in [0.1, 0.15) is 57.4 Å². The van der Waals surface area contributed by atoms with Crippen LogP contribution in [0.4, 0.5) is 4.39 Å². The van der Waals surface area contributed by atoms with E-state index in [4.69, 9.17) is 4.74 Å². The number of pyridine rings is 1. The summed E-state index contributed by atoms with van der Waals surface area (Å²) in [6.07, 6.45) is 8.56. The second-order valence-corrected chi connectivity index (χ2v) is 11.6. The molecule has 2 aliphatic heterocycles. The van der Waals surface area contributed by atoms with Gasteiger partial charge in [0.15, 0.2) is 0 Å². The Morgan fingerprint density at radius 2 is 1.81 bits per heavy atom. The molecule has 3 aliphatic carbocycles. The summed E-state index contributed by atoms with van der Waals surface area (Å²) < 4.78 is 24.0. The molecule has 3 unspecified atom stereocenters. The number of alkyl halides is 1. The normalized spacial score (nSPS) is 51.7. The maximum absolute atomic E-state index is 17.0. The molecule has 174 valence electrons. The fraction of sp³-hybridized carbons (Fsp3) is 0.731. The van der Waals surface area contributed by atoms with E-state index in [0.717, 1.165) is 19.3 Å². The summed E-state index contributed by atoms with van der Waals surface area (Å²) in [4.78, 5) is 6.16. The van der Waals surface area contributed by atoms with Crippen molar-refractivity contribution in [1.29, 1.82) is 0 Å². The summed E-state index contributed by atoms with van der Waals surface area (Å²) in [7, 11) is 3.87. The molecule has 9 atom stereocenters. The number of aliphatic hydroxyl groups is 2. The van der Waals surface area contributed by atoms with Crippen LogP contribution in [0.5, 0.6) is 0 Å². The Labute approximate surface area is 189 Å². The van der Waals surface area contributed by atoms with Gasteiger partial charge in [-0.15, -0.1) is 0 Å². The van der Waals surface area contributed by atoms with E-state index in [-0.39, 0.29) is 23.3 Å². The van der Waals surface area contributed by atoms with Crippen LogP contribution in [-0.2, 0) is 4.74 Å². The van der Waals surface area contributed by atoms with Crippen LogP contribution in [-0.4, -0.2) is 69.3 Å². The highest BCUT2D eigenvalue weighted by Gasteiger charge is 2.77. The Bertz CT molecular complexity index is 956. The third-order valence-electron chi connectivity index (χ3n) is 10.2. The number of aliphatic hydroxyl groups excluding tert-OH is 2. The molecule has 6 heteroatoms. The highest BCUT2D eigenvalue weighted by molar-refractivity contribution is 5.73. The Hall–Kier alpha value is -1.34.